The van der Waals surface area contributed by atoms with Crippen LogP contribution in [0.5, 0.6) is 5.75 Å². The Morgan fingerprint density at radius 3 is 2.84 bits per heavy atom. The Balaban J connectivity index is 1.75. The summed E-state index contributed by atoms with van der Waals surface area (Å²) in [4.78, 5) is 17.7. The van der Waals surface area contributed by atoms with Crippen molar-refractivity contribution in [1.82, 2.24) is 4.98 Å². The minimum absolute atomic E-state index is 0.0701. The molecule has 4 rings (SSSR count). The second kappa shape index (κ2) is 6.23. The summed E-state index contributed by atoms with van der Waals surface area (Å²) in [6.45, 7) is 0.620. The lowest BCUT2D eigenvalue weighted by atomic mass is 9.94. The zero-order chi connectivity index (χ0) is 17.6. The SMILES string of the molecule is COc1cc(-c2[nH]ccc2N2CC3=C(CCCC3)C2=O)c(Cl)cc1F. The number of benzene rings is 1. The van der Waals surface area contributed by atoms with Gasteiger partial charge in [0.2, 0.25) is 0 Å². The van der Waals surface area contributed by atoms with Gasteiger partial charge in [-0.1, -0.05) is 11.6 Å². The normalized spacial score (nSPS) is 17.2. The van der Waals surface area contributed by atoms with Crippen LogP contribution in [0.2, 0.25) is 5.02 Å². The Bertz CT molecular complexity index is 888. The predicted molar refractivity (Wildman–Crippen MR) is 95.6 cm³/mol. The van der Waals surface area contributed by atoms with E-state index in [-0.39, 0.29) is 16.7 Å². The molecule has 1 amide bonds. The molecule has 2 aliphatic rings. The topological polar surface area (TPSA) is 45.3 Å². The molecular weight excluding hydrogens is 343 g/mol. The van der Waals surface area contributed by atoms with Gasteiger partial charge in [-0.3, -0.25) is 4.79 Å². The van der Waals surface area contributed by atoms with Gasteiger partial charge in [0, 0.05) is 23.9 Å². The number of halogens is 2. The first-order valence-electron chi connectivity index (χ1n) is 8.33. The third-order valence-electron chi connectivity index (χ3n) is 4.96. The molecule has 6 heteroatoms. The molecule has 1 aromatic heterocycles. The second-order valence-corrected chi connectivity index (χ2v) is 6.79. The minimum Gasteiger partial charge on any atom is -0.494 e. The highest BCUT2D eigenvalue weighted by molar-refractivity contribution is 6.33. The molecule has 0 bridgehead atoms. The van der Waals surface area contributed by atoms with Gasteiger partial charge in [0.25, 0.3) is 5.91 Å². The Hall–Kier alpha value is -2.27. The van der Waals surface area contributed by atoms with E-state index >= 15 is 0 Å². The van der Waals surface area contributed by atoms with Crippen molar-refractivity contribution >= 4 is 23.2 Å². The van der Waals surface area contributed by atoms with Crippen LogP contribution >= 0.6 is 11.6 Å². The first-order chi connectivity index (χ1) is 12.1. The van der Waals surface area contributed by atoms with Crippen LogP contribution in [0.1, 0.15) is 25.7 Å². The molecule has 0 spiro atoms. The number of nitrogens with zero attached hydrogens (tertiary/aromatic N) is 1. The summed E-state index contributed by atoms with van der Waals surface area (Å²) in [5.74, 6) is -0.329. The van der Waals surface area contributed by atoms with Crippen LogP contribution in [-0.4, -0.2) is 24.5 Å². The lowest BCUT2D eigenvalue weighted by Gasteiger charge is -2.18. The number of hydrogen-bond acceptors (Lipinski definition) is 2. The number of rotatable bonds is 3. The molecule has 0 fully saturated rings. The van der Waals surface area contributed by atoms with Gasteiger partial charge in [0.15, 0.2) is 11.6 Å². The standard InChI is InChI=1S/C19H18ClFN2O2/c1-25-17-8-13(14(20)9-15(17)21)18-16(6-7-22-18)23-10-11-4-2-3-5-12(11)19(23)24/h6-9,22H,2-5,10H2,1H3. The Kier molecular flexibility index (Phi) is 4.04. The van der Waals surface area contributed by atoms with Crippen LogP contribution in [0, 0.1) is 5.82 Å². The summed E-state index contributed by atoms with van der Waals surface area (Å²) in [5.41, 5.74) is 4.26. The maximum Gasteiger partial charge on any atom is 0.254 e. The van der Waals surface area contributed by atoms with E-state index in [1.54, 1.807) is 17.2 Å². The molecule has 0 unspecified atom stereocenters. The average Bonchev–Trinajstić information content (AvgIpc) is 3.20. The van der Waals surface area contributed by atoms with Crippen molar-refractivity contribution in [3.05, 3.63) is 46.4 Å². The monoisotopic (exact) mass is 360 g/mol. The number of aromatic amines is 1. The molecule has 0 saturated carbocycles. The summed E-state index contributed by atoms with van der Waals surface area (Å²) < 4.78 is 18.9. The molecule has 2 heterocycles. The van der Waals surface area contributed by atoms with Gasteiger partial charge in [-0.05, 0) is 49.5 Å². The predicted octanol–water partition coefficient (Wildman–Crippen LogP) is 4.70. The third-order valence-corrected chi connectivity index (χ3v) is 5.27. The van der Waals surface area contributed by atoms with Crippen LogP contribution < -0.4 is 9.64 Å². The number of aromatic nitrogens is 1. The maximum atomic E-state index is 13.8. The van der Waals surface area contributed by atoms with Gasteiger partial charge in [-0.2, -0.15) is 0 Å². The summed E-state index contributed by atoms with van der Waals surface area (Å²) in [7, 11) is 1.41. The molecule has 0 saturated heterocycles. The summed E-state index contributed by atoms with van der Waals surface area (Å²) >= 11 is 6.26. The van der Waals surface area contributed by atoms with E-state index in [1.807, 2.05) is 6.07 Å². The second-order valence-electron chi connectivity index (χ2n) is 6.39. The van der Waals surface area contributed by atoms with Gasteiger partial charge in [-0.15, -0.1) is 0 Å². The molecule has 4 nitrogen and oxygen atoms in total. The number of nitrogens with one attached hydrogen (secondary N) is 1. The summed E-state index contributed by atoms with van der Waals surface area (Å²) in [6.07, 6.45) is 5.82. The molecule has 25 heavy (non-hydrogen) atoms. The van der Waals surface area contributed by atoms with Gasteiger partial charge in [-0.25, -0.2) is 4.39 Å². The molecule has 0 radical (unpaired) electrons. The van der Waals surface area contributed by atoms with E-state index < -0.39 is 5.82 Å². The fraction of sp³-hybridized carbons (Fsp3) is 0.316. The van der Waals surface area contributed by atoms with Gasteiger partial charge >= 0.3 is 0 Å². The van der Waals surface area contributed by atoms with Crippen molar-refractivity contribution in [2.75, 3.05) is 18.6 Å². The fourth-order valence-corrected chi connectivity index (χ4v) is 3.94. The summed E-state index contributed by atoms with van der Waals surface area (Å²) in [5, 5.41) is 0.270. The van der Waals surface area contributed by atoms with Crippen molar-refractivity contribution in [1.29, 1.82) is 0 Å². The van der Waals surface area contributed by atoms with E-state index in [2.05, 4.69) is 4.98 Å². The van der Waals surface area contributed by atoms with Crippen LogP contribution in [-0.2, 0) is 4.79 Å². The number of ether oxygens (including phenoxy) is 1. The van der Waals surface area contributed by atoms with E-state index in [9.17, 15) is 9.18 Å². The first-order valence-corrected chi connectivity index (χ1v) is 8.71. The number of hydrogen-bond donors (Lipinski definition) is 1. The average molecular weight is 361 g/mol. The number of amides is 1. The largest absolute Gasteiger partial charge is 0.494 e. The maximum absolute atomic E-state index is 13.8. The number of H-pyrrole nitrogens is 1. The highest BCUT2D eigenvalue weighted by Crippen LogP contribution is 2.41. The van der Waals surface area contributed by atoms with E-state index in [0.717, 1.165) is 36.9 Å². The van der Waals surface area contributed by atoms with E-state index in [0.29, 0.717) is 17.8 Å². The number of anilines is 1. The Morgan fingerprint density at radius 2 is 2.08 bits per heavy atom. The zero-order valence-corrected chi connectivity index (χ0v) is 14.6. The van der Waals surface area contributed by atoms with Crippen molar-refractivity contribution in [2.24, 2.45) is 0 Å². The lowest BCUT2D eigenvalue weighted by molar-refractivity contribution is -0.114. The van der Waals surface area contributed by atoms with Gasteiger partial charge < -0.3 is 14.6 Å². The Morgan fingerprint density at radius 1 is 1.28 bits per heavy atom. The molecule has 0 atom stereocenters. The van der Waals surface area contributed by atoms with Crippen LogP contribution in [0.25, 0.3) is 11.3 Å². The minimum atomic E-state index is -0.515. The van der Waals surface area contributed by atoms with Crippen molar-refractivity contribution in [3.8, 4) is 17.0 Å². The van der Waals surface area contributed by atoms with Crippen molar-refractivity contribution < 1.29 is 13.9 Å². The Labute approximate surface area is 150 Å². The van der Waals surface area contributed by atoms with Gasteiger partial charge in [0.1, 0.15) is 0 Å². The van der Waals surface area contributed by atoms with E-state index in [1.165, 1.54) is 18.7 Å². The smallest absolute Gasteiger partial charge is 0.254 e. The molecule has 1 aromatic carbocycles. The molecule has 130 valence electrons. The van der Waals surface area contributed by atoms with Crippen LogP contribution in [0.15, 0.2) is 35.5 Å². The number of carbonyl (C=O) groups is 1. The zero-order valence-electron chi connectivity index (χ0n) is 13.9. The van der Waals surface area contributed by atoms with E-state index in [4.69, 9.17) is 16.3 Å². The number of methoxy groups -OCH3 is 1. The van der Waals surface area contributed by atoms with Crippen LogP contribution in [0.3, 0.4) is 0 Å². The highest BCUT2D eigenvalue weighted by atomic mass is 35.5. The van der Waals surface area contributed by atoms with Crippen molar-refractivity contribution in [2.45, 2.75) is 25.7 Å². The first kappa shape index (κ1) is 16.2. The molecule has 1 aliphatic heterocycles. The quantitative estimate of drug-likeness (QED) is 0.862. The summed E-state index contributed by atoms with van der Waals surface area (Å²) in [6, 6.07) is 4.65. The molecule has 1 N–H and O–H groups in total. The lowest BCUT2D eigenvalue weighted by Crippen LogP contribution is -2.26. The molecule has 2 aromatic rings. The van der Waals surface area contributed by atoms with Gasteiger partial charge in [0.05, 0.1) is 23.5 Å². The molecule has 1 aliphatic carbocycles. The highest BCUT2D eigenvalue weighted by Gasteiger charge is 2.34. The molecular formula is C19H18ClFN2O2. The van der Waals surface area contributed by atoms with Crippen molar-refractivity contribution in [3.63, 3.8) is 0 Å². The fourth-order valence-electron chi connectivity index (χ4n) is 3.70. The number of carbonyl (C=O) groups excluding carboxylic acids is 1. The van der Waals surface area contributed by atoms with Crippen LogP contribution in [0.4, 0.5) is 10.1 Å². The third kappa shape index (κ3) is 2.63.